The van der Waals surface area contributed by atoms with Crippen LogP contribution in [0.4, 0.5) is 4.79 Å². The molecule has 0 aromatic rings. The Morgan fingerprint density at radius 1 is 1.33 bits per heavy atom. The first-order valence-corrected chi connectivity index (χ1v) is 5.53. The van der Waals surface area contributed by atoms with Gasteiger partial charge in [0.15, 0.2) is 0 Å². The van der Waals surface area contributed by atoms with E-state index in [9.17, 15) is 4.79 Å². The lowest BCUT2D eigenvalue weighted by Crippen LogP contribution is -2.48. The smallest absolute Gasteiger partial charge is 0.410 e. The molecule has 1 amide bonds. The van der Waals surface area contributed by atoms with Crippen molar-refractivity contribution in [2.45, 2.75) is 12.5 Å². The molecule has 5 nitrogen and oxygen atoms in total. The van der Waals surface area contributed by atoms with Gasteiger partial charge in [-0.25, -0.2) is 10.1 Å². The third-order valence-corrected chi connectivity index (χ3v) is 2.97. The van der Waals surface area contributed by atoms with Gasteiger partial charge in [-0.05, 0) is 13.5 Å². The van der Waals surface area contributed by atoms with Crippen molar-refractivity contribution >= 4 is 6.09 Å². The number of likely N-dealkylation sites (N-methyl/N-ethyl adjacent to an activating group) is 1. The lowest BCUT2D eigenvalue weighted by atomic mass is 10.3. The number of carbonyl (C=O) groups excluding carboxylic acids is 1. The fraction of sp³-hybridized carbons (Fsp3) is 0.900. The molecule has 2 rings (SSSR count). The summed E-state index contributed by atoms with van der Waals surface area (Å²) in [6, 6.07) is 0. The molecule has 1 radical (unpaired) electrons. The van der Waals surface area contributed by atoms with Gasteiger partial charge < -0.3 is 14.5 Å². The van der Waals surface area contributed by atoms with E-state index < -0.39 is 0 Å². The van der Waals surface area contributed by atoms with Crippen LogP contribution in [0.2, 0.25) is 0 Å². The molecular weight excluding hydrogens is 194 g/mol. The van der Waals surface area contributed by atoms with Crippen LogP contribution >= 0.6 is 0 Å². The summed E-state index contributed by atoms with van der Waals surface area (Å²) in [6.07, 6.45) is 0.752. The molecule has 2 heterocycles. The number of piperazine rings is 1. The van der Waals surface area contributed by atoms with E-state index in [1.54, 1.807) is 4.90 Å². The zero-order chi connectivity index (χ0) is 10.7. The lowest BCUT2D eigenvalue weighted by molar-refractivity contribution is 0.0558. The Labute approximate surface area is 90.4 Å². The van der Waals surface area contributed by atoms with Crippen molar-refractivity contribution in [1.82, 2.24) is 15.1 Å². The molecule has 2 fully saturated rings. The summed E-state index contributed by atoms with van der Waals surface area (Å²) in [6.45, 7) is 4.94. The van der Waals surface area contributed by atoms with Crippen LogP contribution < -0.4 is 5.32 Å². The van der Waals surface area contributed by atoms with Crippen LogP contribution in [0.1, 0.15) is 6.42 Å². The van der Waals surface area contributed by atoms with Crippen molar-refractivity contribution in [1.29, 1.82) is 0 Å². The molecule has 1 atom stereocenters. The average molecular weight is 212 g/mol. The zero-order valence-corrected chi connectivity index (χ0v) is 9.19. The Kier molecular flexibility index (Phi) is 3.43. The number of amides is 1. The maximum absolute atomic E-state index is 11.7. The van der Waals surface area contributed by atoms with Crippen LogP contribution in [-0.4, -0.2) is 68.3 Å². The Balaban J connectivity index is 1.75. The zero-order valence-electron chi connectivity index (χ0n) is 9.19. The normalized spacial score (nSPS) is 28.1. The summed E-state index contributed by atoms with van der Waals surface area (Å²) in [5, 5.41) is 4.17. The van der Waals surface area contributed by atoms with Gasteiger partial charge in [0.1, 0.15) is 6.10 Å². The summed E-state index contributed by atoms with van der Waals surface area (Å²) in [7, 11) is 2.07. The molecule has 5 heteroatoms. The second kappa shape index (κ2) is 4.81. The molecule has 0 saturated carbocycles. The number of hydrogen-bond donors (Lipinski definition) is 0. The molecule has 0 bridgehead atoms. The van der Waals surface area contributed by atoms with E-state index in [-0.39, 0.29) is 12.2 Å². The van der Waals surface area contributed by atoms with Crippen LogP contribution in [0.25, 0.3) is 0 Å². The van der Waals surface area contributed by atoms with E-state index in [2.05, 4.69) is 17.3 Å². The van der Waals surface area contributed by atoms with E-state index in [4.69, 9.17) is 4.74 Å². The van der Waals surface area contributed by atoms with Crippen LogP contribution in [0.3, 0.4) is 0 Å². The number of ether oxygens (including phenoxy) is 1. The van der Waals surface area contributed by atoms with Gasteiger partial charge in [0.2, 0.25) is 0 Å². The highest BCUT2D eigenvalue weighted by atomic mass is 16.6. The number of carbonyl (C=O) groups is 1. The van der Waals surface area contributed by atoms with E-state index in [1.165, 1.54) is 0 Å². The molecule has 1 unspecified atom stereocenters. The van der Waals surface area contributed by atoms with E-state index in [0.717, 1.165) is 39.1 Å². The van der Waals surface area contributed by atoms with E-state index in [0.29, 0.717) is 6.54 Å². The first-order chi connectivity index (χ1) is 7.25. The largest absolute Gasteiger partial charge is 0.445 e. The maximum atomic E-state index is 11.7. The molecule has 2 saturated heterocycles. The third-order valence-electron chi connectivity index (χ3n) is 2.97. The Morgan fingerprint density at radius 3 is 2.67 bits per heavy atom. The molecular formula is C10H18N3O2. The fourth-order valence-electron chi connectivity index (χ4n) is 1.86. The highest BCUT2D eigenvalue weighted by molar-refractivity contribution is 5.68. The number of hydrogen-bond acceptors (Lipinski definition) is 3. The minimum Gasteiger partial charge on any atom is -0.445 e. The topological polar surface area (TPSA) is 46.9 Å². The van der Waals surface area contributed by atoms with Gasteiger partial charge in [0.25, 0.3) is 0 Å². The van der Waals surface area contributed by atoms with Crippen molar-refractivity contribution < 1.29 is 9.53 Å². The molecule has 0 N–H and O–H groups in total. The minimum absolute atomic E-state index is 0.0251. The van der Waals surface area contributed by atoms with Crippen LogP contribution in [-0.2, 0) is 4.74 Å². The predicted octanol–water partition coefficient (Wildman–Crippen LogP) is -0.253. The number of rotatable bonds is 1. The van der Waals surface area contributed by atoms with E-state index in [1.807, 2.05) is 0 Å². The summed E-state index contributed by atoms with van der Waals surface area (Å²) in [4.78, 5) is 15.7. The minimum atomic E-state index is -0.162. The third kappa shape index (κ3) is 2.82. The maximum Gasteiger partial charge on any atom is 0.410 e. The highest BCUT2D eigenvalue weighted by Gasteiger charge is 2.25. The Morgan fingerprint density at radius 2 is 2.07 bits per heavy atom. The standard InChI is InChI=1S/C10H18N3O2/c1-12-4-6-13(7-5-12)10(14)15-9-2-3-11-8-9/h9H,2-8H2,1H3. The highest BCUT2D eigenvalue weighted by Crippen LogP contribution is 2.08. The first kappa shape index (κ1) is 10.7. The average Bonchev–Trinajstić information content (AvgIpc) is 2.71. The summed E-state index contributed by atoms with van der Waals surface area (Å²) in [5.41, 5.74) is 0. The van der Waals surface area contributed by atoms with Gasteiger partial charge in [0.05, 0.1) is 6.54 Å². The molecule has 0 aromatic carbocycles. The molecule has 0 aromatic heterocycles. The fourth-order valence-corrected chi connectivity index (χ4v) is 1.86. The first-order valence-electron chi connectivity index (χ1n) is 5.53. The van der Waals surface area contributed by atoms with E-state index >= 15 is 0 Å². The summed E-state index contributed by atoms with van der Waals surface area (Å²) < 4.78 is 5.36. The van der Waals surface area contributed by atoms with Crippen LogP contribution in [0.15, 0.2) is 0 Å². The van der Waals surface area contributed by atoms with Gasteiger partial charge in [0, 0.05) is 32.7 Å². The lowest BCUT2D eigenvalue weighted by Gasteiger charge is -2.32. The molecule has 85 valence electrons. The van der Waals surface area contributed by atoms with Gasteiger partial charge in [-0.15, -0.1) is 0 Å². The van der Waals surface area contributed by atoms with Gasteiger partial charge >= 0.3 is 6.09 Å². The monoisotopic (exact) mass is 212 g/mol. The molecule has 2 aliphatic heterocycles. The molecule has 0 aliphatic carbocycles. The predicted molar refractivity (Wildman–Crippen MR) is 55.8 cm³/mol. The Hall–Kier alpha value is -0.810. The second-order valence-corrected chi connectivity index (χ2v) is 4.21. The SMILES string of the molecule is CN1CCN(C(=O)OC2CC[N]C2)CC1. The summed E-state index contributed by atoms with van der Waals surface area (Å²) in [5.74, 6) is 0. The van der Waals surface area contributed by atoms with Gasteiger partial charge in [-0.1, -0.05) is 0 Å². The quantitative estimate of drug-likeness (QED) is 0.602. The second-order valence-electron chi connectivity index (χ2n) is 4.21. The summed E-state index contributed by atoms with van der Waals surface area (Å²) >= 11 is 0. The number of nitrogens with zero attached hydrogens (tertiary/aromatic N) is 3. The van der Waals surface area contributed by atoms with Crippen molar-refractivity contribution in [3.05, 3.63) is 0 Å². The molecule has 15 heavy (non-hydrogen) atoms. The van der Waals surface area contributed by atoms with Crippen molar-refractivity contribution in [3.8, 4) is 0 Å². The van der Waals surface area contributed by atoms with Crippen LogP contribution in [0.5, 0.6) is 0 Å². The Bertz CT molecular complexity index is 221. The van der Waals surface area contributed by atoms with Crippen molar-refractivity contribution in [2.24, 2.45) is 0 Å². The van der Waals surface area contributed by atoms with Crippen molar-refractivity contribution in [2.75, 3.05) is 46.3 Å². The molecule has 0 spiro atoms. The van der Waals surface area contributed by atoms with Gasteiger partial charge in [-0.3, -0.25) is 0 Å². The van der Waals surface area contributed by atoms with Crippen molar-refractivity contribution in [3.63, 3.8) is 0 Å². The van der Waals surface area contributed by atoms with Gasteiger partial charge in [-0.2, -0.15) is 0 Å². The molecule has 2 aliphatic rings. The van der Waals surface area contributed by atoms with Crippen LogP contribution in [0, 0.1) is 0 Å².